The van der Waals surface area contributed by atoms with Crippen LogP contribution in [0.3, 0.4) is 0 Å². The largest absolute Gasteiger partial charge is 0.417 e. The Kier molecular flexibility index (Phi) is 3.00. The molecule has 0 fully saturated rings. The highest BCUT2D eigenvalue weighted by Gasteiger charge is 2.14. The lowest BCUT2D eigenvalue weighted by Crippen LogP contribution is -2.32. The van der Waals surface area contributed by atoms with Crippen molar-refractivity contribution < 1.29 is 9.21 Å². The normalized spacial score (nSPS) is 12.5. The summed E-state index contributed by atoms with van der Waals surface area (Å²) in [5.74, 6) is 0.113. The summed E-state index contributed by atoms with van der Waals surface area (Å²) < 4.78 is 4.96. The molecule has 1 heterocycles. The summed E-state index contributed by atoms with van der Waals surface area (Å²) in [7, 11) is 0. The van der Waals surface area contributed by atoms with Crippen LogP contribution in [0.4, 0.5) is 0 Å². The molecule has 0 aliphatic rings. The van der Waals surface area contributed by atoms with Gasteiger partial charge in [-0.15, -0.1) is 10.2 Å². The molecule has 0 radical (unpaired) electrons. The smallest absolute Gasteiger partial charge is 0.309 e. The van der Waals surface area contributed by atoms with Crippen molar-refractivity contribution in [3.63, 3.8) is 0 Å². The number of carbonyl (C=O) groups is 1. The number of aryl methyl sites for hydroxylation is 1. The Labute approximate surface area is 76.5 Å². The fourth-order valence-electron chi connectivity index (χ4n) is 0.776. The quantitative estimate of drug-likeness (QED) is 0.756. The second-order valence-electron chi connectivity index (χ2n) is 2.91. The minimum absolute atomic E-state index is 0.0257. The van der Waals surface area contributed by atoms with E-state index in [0.717, 1.165) is 6.42 Å². The number of nitrogens with zero attached hydrogens (tertiary/aromatic N) is 2. The van der Waals surface area contributed by atoms with Gasteiger partial charge in [0.25, 0.3) is 0 Å². The zero-order chi connectivity index (χ0) is 9.84. The van der Waals surface area contributed by atoms with Crippen LogP contribution in [0, 0.1) is 6.92 Å². The Balaban J connectivity index is 2.58. The van der Waals surface area contributed by atoms with Gasteiger partial charge in [-0.05, 0) is 13.3 Å². The maximum absolute atomic E-state index is 11.3. The molecule has 0 bridgehead atoms. The third-order valence-corrected chi connectivity index (χ3v) is 1.71. The van der Waals surface area contributed by atoms with Crippen LogP contribution in [0.15, 0.2) is 4.42 Å². The molecular formula is C8H13N3O2. The molecule has 0 saturated carbocycles. The number of nitrogens with one attached hydrogen (secondary N) is 1. The minimum Gasteiger partial charge on any atom is -0.417 e. The second kappa shape index (κ2) is 4.02. The van der Waals surface area contributed by atoms with Crippen LogP contribution in [0.25, 0.3) is 0 Å². The van der Waals surface area contributed by atoms with Crippen LogP contribution in [0.2, 0.25) is 0 Å². The third kappa shape index (κ3) is 2.54. The van der Waals surface area contributed by atoms with Gasteiger partial charge in [-0.2, -0.15) is 0 Å². The van der Waals surface area contributed by atoms with Crippen LogP contribution < -0.4 is 5.32 Å². The number of hydrogen-bond donors (Lipinski definition) is 1. The number of rotatable bonds is 3. The summed E-state index contributed by atoms with van der Waals surface area (Å²) >= 11 is 0. The molecule has 1 atom stereocenters. The molecule has 0 aromatic carbocycles. The van der Waals surface area contributed by atoms with Crippen molar-refractivity contribution in [1.29, 1.82) is 0 Å². The lowest BCUT2D eigenvalue weighted by atomic mass is 10.2. The van der Waals surface area contributed by atoms with Crippen molar-refractivity contribution in [3.8, 4) is 0 Å². The van der Waals surface area contributed by atoms with Gasteiger partial charge in [-0.25, -0.2) is 0 Å². The minimum atomic E-state index is -0.310. The average molecular weight is 183 g/mol. The van der Waals surface area contributed by atoms with Crippen molar-refractivity contribution in [2.45, 2.75) is 33.2 Å². The van der Waals surface area contributed by atoms with E-state index >= 15 is 0 Å². The molecule has 1 rings (SSSR count). The summed E-state index contributed by atoms with van der Waals surface area (Å²) in [6.07, 6.45) is 0.874. The first-order valence-electron chi connectivity index (χ1n) is 4.24. The fourth-order valence-corrected chi connectivity index (χ4v) is 0.776. The van der Waals surface area contributed by atoms with Gasteiger partial charge in [-0.1, -0.05) is 6.92 Å². The summed E-state index contributed by atoms with van der Waals surface area (Å²) in [6.45, 7) is 5.55. The van der Waals surface area contributed by atoms with E-state index in [1.54, 1.807) is 6.92 Å². The SMILES string of the molecule is CCC(C)NC(=O)c1nnc(C)o1. The lowest BCUT2D eigenvalue weighted by Gasteiger charge is -2.07. The molecule has 1 aromatic heterocycles. The molecular weight excluding hydrogens is 170 g/mol. The first-order chi connectivity index (χ1) is 6.13. The first-order valence-corrected chi connectivity index (χ1v) is 4.24. The molecule has 72 valence electrons. The van der Waals surface area contributed by atoms with E-state index in [1.807, 2.05) is 13.8 Å². The number of aromatic nitrogens is 2. The van der Waals surface area contributed by atoms with E-state index in [4.69, 9.17) is 4.42 Å². The molecule has 1 aromatic rings. The number of carbonyl (C=O) groups excluding carboxylic acids is 1. The van der Waals surface area contributed by atoms with Gasteiger partial charge >= 0.3 is 11.8 Å². The topological polar surface area (TPSA) is 68.0 Å². The van der Waals surface area contributed by atoms with E-state index in [1.165, 1.54) is 0 Å². The molecule has 1 N–H and O–H groups in total. The maximum atomic E-state index is 11.3. The zero-order valence-electron chi connectivity index (χ0n) is 8.00. The molecule has 13 heavy (non-hydrogen) atoms. The van der Waals surface area contributed by atoms with Crippen molar-refractivity contribution in [2.75, 3.05) is 0 Å². The Morgan fingerprint density at radius 3 is 2.77 bits per heavy atom. The second-order valence-corrected chi connectivity index (χ2v) is 2.91. The number of amides is 1. The Hall–Kier alpha value is -1.39. The highest BCUT2D eigenvalue weighted by molar-refractivity contribution is 5.89. The Morgan fingerprint density at radius 2 is 2.31 bits per heavy atom. The highest BCUT2D eigenvalue weighted by Crippen LogP contribution is 1.98. The van der Waals surface area contributed by atoms with Crippen LogP contribution in [-0.2, 0) is 0 Å². The van der Waals surface area contributed by atoms with Crippen LogP contribution in [0.1, 0.15) is 36.8 Å². The molecule has 0 aliphatic carbocycles. The van der Waals surface area contributed by atoms with Gasteiger partial charge in [0.1, 0.15) is 0 Å². The summed E-state index contributed by atoms with van der Waals surface area (Å²) in [6, 6.07) is 0.125. The molecule has 1 amide bonds. The monoisotopic (exact) mass is 183 g/mol. The van der Waals surface area contributed by atoms with Crippen molar-refractivity contribution >= 4 is 5.91 Å². The van der Waals surface area contributed by atoms with Crippen molar-refractivity contribution in [3.05, 3.63) is 11.8 Å². The predicted octanol–water partition coefficient (Wildman–Crippen LogP) is 0.906. The molecule has 5 nitrogen and oxygen atoms in total. The van der Waals surface area contributed by atoms with E-state index in [2.05, 4.69) is 15.5 Å². The van der Waals surface area contributed by atoms with Crippen LogP contribution >= 0.6 is 0 Å². The van der Waals surface area contributed by atoms with Crippen LogP contribution in [-0.4, -0.2) is 22.1 Å². The van der Waals surface area contributed by atoms with Gasteiger partial charge in [0.15, 0.2) is 0 Å². The van der Waals surface area contributed by atoms with Gasteiger partial charge in [0, 0.05) is 13.0 Å². The van der Waals surface area contributed by atoms with E-state index in [9.17, 15) is 4.79 Å². The molecule has 5 heteroatoms. The van der Waals surface area contributed by atoms with Gasteiger partial charge in [0.05, 0.1) is 0 Å². The summed E-state index contributed by atoms with van der Waals surface area (Å²) in [4.78, 5) is 11.3. The van der Waals surface area contributed by atoms with E-state index < -0.39 is 0 Å². The first kappa shape index (κ1) is 9.70. The van der Waals surface area contributed by atoms with Gasteiger partial charge in [0.2, 0.25) is 5.89 Å². The summed E-state index contributed by atoms with van der Waals surface area (Å²) in [5.41, 5.74) is 0. The fraction of sp³-hybridized carbons (Fsp3) is 0.625. The highest BCUT2D eigenvalue weighted by atomic mass is 16.4. The molecule has 0 saturated heterocycles. The molecule has 0 spiro atoms. The van der Waals surface area contributed by atoms with Crippen molar-refractivity contribution in [2.24, 2.45) is 0 Å². The third-order valence-electron chi connectivity index (χ3n) is 1.71. The standard InChI is InChI=1S/C8H13N3O2/c1-4-5(2)9-7(12)8-11-10-6(3)13-8/h5H,4H2,1-3H3,(H,9,12). The van der Waals surface area contributed by atoms with Gasteiger partial charge in [-0.3, -0.25) is 4.79 Å². The molecule has 0 aliphatic heterocycles. The maximum Gasteiger partial charge on any atom is 0.309 e. The lowest BCUT2D eigenvalue weighted by molar-refractivity contribution is 0.0903. The Morgan fingerprint density at radius 1 is 1.62 bits per heavy atom. The molecule has 1 unspecified atom stereocenters. The zero-order valence-corrected chi connectivity index (χ0v) is 8.00. The van der Waals surface area contributed by atoms with Crippen LogP contribution in [0.5, 0.6) is 0 Å². The average Bonchev–Trinajstić information content (AvgIpc) is 2.51. The van der Waals surface area contributed by atoms with E-state index in [-0.39, 0.29) is 17.8 Å². The van der Waals surface area contributed by atoms with Gasteiger partial charge < -0.3 is 9.73 Å². The number of hydrogen-bond acceptors (Lipinski definition) is 4. The summed E-state index contributed by atoms with van der Waals surface area (Å²) in [5, 5.41) is 9.89. The van der Waals surface area contributed by atoms with E-state index in [0.29, 0.717) is 5.89 Å². The van der Waals surface area contributed by atoms with Crippen molar-refractivity contribution in [1.82, 2.24) is 15.5 Å². The Bertz CT molecular complexity index is 295. The predicted molar refractivity (Wildman–Crippen MR) is 46.3 cm³/mol.